The first-order chi connectivity index (χ1) is 9.15. The number of halogens is 1. The number of nitrogens with one attached hydrogen (secondary N) is 1. The molecule has 0 spiro atoms. The molecule has 1 aromatic rings. The molecule has 2 aliphatic rings. The maximum atomic E-state index is 6.29. The summed E-state index contributed by atoms with van der Waals surface area (Å²) in [5, 5.41) is 4.66. The van der Waals surface area contributed by atoms with Gasteiger partial charge in [-0.3, -0.25) is 0 Å². The Balaban J connectivity index is 1.63. The molecule has 0 unspecified atom stereocenters. The highest BCUT2D eigenvalue weighted by Crippen LogP contribution is 2.49. The first-order valence-electron chi connectivity index (χ1n) is 7.65. The van der Waals surface area contributed by atoms with Crippen LogP contribution in [0.15, 0.2) is 24.3 Å². The Morgan fingerprint density at radius 1 is 1.16 bits per heavy atom. The van der Waals surface area contributed by atoms with E-state index in [-0.39, 0.29) is 0 Å². The van der Waals surface area contributed by atoms with Crippen LogP contribution >= 0.6 is 11.6 Å². The minimum Gasteiger partial charge on any atom is -0.307 e. The van der Waals surface area contributed by atoms with Crippen molar-refractivity contribution in [1.29, 1.82) is 0 Å². The number of rotatable bonds is 4. The fraction of sp³-hybridized carbons (Fsp3) is 0.647. The van der Waals surface area contributed by atoms with Crippen molar-refractivity contribution in [3.8, 4) is 0 Å². The van der Waals surface area contributed by atoms with Gasteiger partial charge in [0.1, 0.15) is 0 Å². The van der Waals surface area contributed by atoms with Crippen molar-refractivity contribution in [1.82, 2.24) is 5.32 Å². The van der Waals surface area contributed by atoms with Gasteiger partial charge in [-0.2, -0.15) is 0 Å². The smallest absolute Gasteiger partial charge is 0.0453 e. The molecule has 2 heteroatoms. The summed E-state index contributed by atoms with van der Waals surface area (Å²) in [7, 11) is 0. The molecule has 0 aromatic heterocycles. The molecule has 1 nitrogen and oxygen atoms in total. The Morgan fingerprint density at radius 2 is 1.95 bits per heavy atom. The van der Waals surface area contributed by atoms with Gasteiger partial charge in [-0.15, -0.1) is 0 Å². The quantitative estimate of drug-likeness (QED) is 0.832. The molecule has 1 N–H and O–H groups in total. The van der Waals surface area contributed by atoms with Gasteiger partial charge in [0.05, 0.1) is 0 Å². The monoisotopic (exact) mass is 277 g/mol. The van der Waals surface area contributed by atoms with Crippen molar-refractivity contribution in [2.75, 3.05) is 0 Å². The predicted octanol–water partition coefficient (Wildman–Crippen LogP) is 4.82. The third kappa shape index (κ3) is 2.68. The van der Waals surface area contributed by atoms with Crippen LogP contribution < -0.4 is 5.32 Å². The summed E-state index contributed by atoms with van der Waals surface area (Å²) in [4.78, 5) is 0. The highest BCUT2D eigenvalue weighted by molar-refractivity contribution is 6.31. The summed E-state index contributed by atoms with van der Waals surface area (Å²) in [5.74, 6) is 2.88. The normalized spacial score (nSPS) is 32.5. The van der Waals surface area contributed by atoms with Crippen LogP contribution in [0.1, 0.15) is 51.1 Å². The van der Waals surface area contributed by atoms with Gasteiger partial charge in [0.2, 0.25) is 0 Å². The predicted molar refractivity (Wildman–Crippen MR) is 81.4 cm³/mol. The standard InChI is InChI=1S/C17H24ClN/c1-11(15-5-3-4-6-17(15)18)19-12(2)16-10-13-7-8-14(16)9-13/h3-6,11-14,16,19H,7-10H2,1-2H3/t11-,12+,13-,14-,16+/m0/s1. The zero-order valence-corrected chi connectivity index (χ0v) is 12.7. The van der Waals surface area contributed by atoms with Crippen LogP contribution in [0.3, 0.4) is 0 Å². The molecule has 104 valence electrons. The molecular weight excluding hydrogens is 254 g/mol. The Morgan fingerprint density at radius 3 is 2.58 bits per heavy atom. The van der Waals surface area contributed by atoms with Crippen LogP contribution in [0.25, 0.3) is 0 Å². The molecule has 2 saturated carbocycles. The van der Waals surface area contributed by atoms with Gasteiger partial charge in [0.15, 0.2) is 0 Å². The van der Waals surface area contributed by atoms with E-state index >= 15 is 0 Å². The van der Waals surface area contributed by atoms with Gasteiger partial charge in [0, 0.05) is 17.1 Å². The molecule has 1 aromatic carbocycles. The second-order valence-corrected chi connectivity index (χ2v) is 6.94. The van der Waals surface area contributed by atoms with E-state index in [9.17, 15) is 0 Å². The van der Waals surface area contributed by atoms with E-state index < -0.39 is 0 Å². The van der Waals surface area contributed by atoms with Gasteiger partial charge in [-0.1, -0.05) is 36.2 Å². The van der Waals surface area contributed by atoms with Crippen LogP contribution in [-0.4, -0.2) is 6.04 Å². The summed E-state index contributed by atoms with van der Waals surface area (Å²) >= 11 is 6.29. The Hall–Kier alpha value is -0.530. The maximum Gasteiger partial charge on any atom is 0.0453 e. The zero-order valence-electron chi connectivity index (χ0n) is 11.9. The van der Waals surface area contributed by atoms with E-state index in [0.717, 1.165) is 22.8 Å². The van der Waals surface area contributed by atoms with E-state index in [2.05, 4.69) is 31.3 Å². The number of hydrogen-bond acceptors (Lipinski definition) is 1. The summed E-state index contributed by atoms with van der Waals surface area (Å²) in [6.45, 7) is 4.59. The summed E-state index contributed by atoms with van der Waals surface area (Å²) in [5.41, 5.74) is 1.22. The van der Waals surface area contributed by atoms with Gasteiger partial charge in [-0.05, 0) is 62.5 Å². The van der Waals surface area contributed by atoms with Crippen LogP contribution in [0.5, 0.6) is 0 Å². The van der Waals surface area contributed by atoms with E-state index in [1.165, 1.54) is 31.2 Å². The van der Waals surface area contributed by atoms with Gasteiger partial charge >= 0.3 is 0 Å². The lowest BCUT2D eigenvalue weighted by Gasteiger charge is -2.31. The maximum absolute atomic E-state index is 6.29. The Labute approximate surface area is 121 Å². The lowest BCUT2D eigenvalue weighted by molar-refractivity contribution is 0.248. The molecular formula is C17H24ClN. The van der Waals surface area contributed by atoms with E-state index in [1.807, 2.05) is 12.1 Å². The Kier molecular flexibility index (Phi) is 3.86. The van der Waals surface area contributed by atoms with Crippen molar-refractivity contribution in [3.05, 3.63) is 34.9 Å². The van der Waals surface area contributed by atoms with Gasteiger partial charge < -0.3 is 5.32 Å². The van der Waals surface area contributed by atoms with E-state index in [1.54, 1.807) is 0 Å². The van der Waals surface area contributed by atoms with E-state index in [0.29, 0.717) is 12.1 Å². The largest absolute Gasteiger partial charge is 0.307 e. The van der Waals surface area contributed by atoms with Crippen molar-refractivity contribution in [3.63, 3.8) is 0 Å². The lowest BCUT2D eigenvalue weighted by atomic mass is 9.83. The molecule has 2 aliphatic carbocycles. The lowest BCUT2D eigenvalue weighted by Crippen LogP contribution is -2.37. The minimum absolute atomic E-state index is 0.336. The first kappa shape index (κ1) is 13.5. The molecule has 0 aliphatic heterocycles. The molecule has 0 amide bonds. The fourth-order valence-corrected chi connectivity index (χ4v) is 4.64. The minimum atomic E-state index is 0.336. The number of fused-ring (bicyclic) bond motifs is 2. The molecule has 0 saturated heterocycles. The number of hydrogen-bond donors (Lipinski definition) is 1. The SMILES string of the molecule is C[C@H](N[C@H](C)[C@H]1C[C@H]2CC[C@H]1C2)c1ccccc1Cl. The van der Waals surface area contributed by atoms with Crippen molar-refractivity contribution < 1.29 is 0 Å². The number of benzene rings is 1. The molecule has 5 atom stereocenters. The van der Waals surface area contributed by atoms with Crippen molar-refractivity contribution in [2.24, 2.45) is 17.8 Å². The van der Waals surface area contributed by atoms with Crippen LogP contribution in [0.2, 0.25) is 5.02 Å². The second kappa shape index (κ2) is 5.46. The summed E-state index contributed by atoms with van der Waals surface area (Å²) < 4.78 is 0. The summed E-state index contributed by atoms with van der Waals surface area (Å²) in [6.07, 6.45) is 5.86. The average molecular weight is 278 g/mol. The molecule has 2 fully saturated rings. The fourth-order valence-electron chi connectivity index (χ4n) is 4.34. The topological polar surface area (TPSA) is 12.0 Å². The van der Waals surface area contributed by atoms with E-state index in [4.69, 9.17) is 11.6 Å². The Bertz CT molecular complexity index is 445. The summed E-state index contributed by atoms with van der Waals surface area (Å²) in [6, 6.07) is 9.12. The molecule has 0 radical (unpaired) electrons. The third-order valence-corrected chi connectivity index (χ3v) is 5.66. The van der Waals surface area contributed by atoms with Crippen molar-refractivity contribution in [2.45, 2.75) is 51.6 Å². The molecule has 19 heavy (non-hydrogen) atoms. The first-order valence-corrected chi connectivity index (χ1v) is 8.03. The van der Waals surface area contributed by atoms with Crippen LogP contribution in [-0.2, 0) is 0 Å². The molecule has 3 rings (SSSR count). The van der Waals surface area contributed by atoms with Crippen LogP contribution in [0, 0.1) is 17.8 Å². The highest BCUT2D eigenvalue weighted by atomic mass is 35.5. The second-order valence-electron chi connectivity index (χ2n) is 6.54. The molecule has 0 heterocycles. The average Bonchev–Trinajstić information content (AvgIpc) is 3.01. The highest BCUT2D eigenvalue weighted by Gasteiger charge is 2.41. The molecule has 2 bridgehead atoms. The zero-order chi connectivity index (χ0) is 13.4. The van der Waals surface area contributed by atoms with Crippen molar-refractivity contribution >= 4 is 11.6 Å². The third-order valence-electron chi connectivity index (χ3n) is 5.32. The van der Waals surface area contributed by atoms with Gasteiger partial charge in [0.25, 0.3) is 0 Å². The van der Waals surface area contributed by atoms with Gasteiger partial charge in [-0.25, -0.2) is 0 Å². The van der Waals surface area contributed by atoms with Crippen LogP contribution in [0.4, 0.5) is 0 Å².